The second-order valence-corrected chi connectivity index (χ2v) is 5.76. The summed E-state index contributed by atoms with van der Waals surface area (Å²) in [6.07, 6.45) is 4.43. The Morgan fingerprint density at radius 2 is 1.68 bits per heavy atom. The van der Waals surface area contributed by atoms with Crippen LogP contribution in [0.25, 0.3) is 0 Å². The lowest BCUT2D eigenvalue weighted by atomic mass is 10.2. The van der Waals surface area contributed by atoms with Gasteiger partial charge in [0.05, 0.1) is 15.6 Å². The van der Waals surface area contributed by atoms with Gasteiger partial charge in [-0.25, -0.2) is 0 Å². The Labute approximate surface area is 129 Å². The van der Waals surface area contributed by atoms with Crippen molar-refractivity contribution in [2.45, 2.75) is 13.0 Å². The first-order valence-corrected chi connectivity index (χ1v) is 7.49. The lowest BCUT2D eigenvalue weighted by Crippen LogP contribution is -2.03. The standard InChI is InChI=1S/C14H14Br2N2O/c15-12-7-11(9-17)8-13(16)14(12)19-6-3-10-1-4-18-5-2-10/h1-2,4-5,7-8H,3,6,9,17H2. The number of ether oxygens (including phenoxy) is 1. The Hall–Kier alpha value is -0.910. The number of nitrogens with two attached hydrogens (primary N) is 1. The van der Waals surface area contributed by atoms with Crippen LogP contribution in [0, 0.1) is 0 Å². The highest BCUT2D eigenvalue weighted by Crippen LogP contribution is 2.34. The van der Waals surface area contributed by atoms with Crippen LogP contribution in [0.4, 0.5) is 0 Å². The van der Waals surface area contributed by atoms with Crippen molar-refractivity contribution in [1.29, 1.82) is 0 Å². The zero-order chi connectivity index (χ0) is 13.7. The average molecular weight is 386 g/mol. The summed E-state index contributed by atoms with van der Waals surface area (Å²) in [5.41, 5.74) is 7.89. The minimum atomic E-state index is 0.508. The fraction of sp³-hybridized carbons (Fsp3) is 0.214. The topological polar surface area (TPSA) is 48.1 Å². The van der Waals surface area contributed by atoms with Crippen LogP contribution in [0.3, 0.4) is 0 Å². The van der Waals surface area contributed by atoms with E-state index >= 15 is 0 Å². The highest BCUT2D eigenvalue weighted by molar-refractivity contribution is 9.11. The second kappa shape index (κ2) is 7.03. The third-order valence-corrected chi connectivity index (χ3v) is 3.86. The van der Waals surface area contributed by atoms with Crippen LogP contribution in [-0.4, -0.2) is 11.6 Å². The van der Waals surface area contributed by atoms with E-state index in [0.29, 0.717) is 13.2 Å². The van der Waals surface area contributed by atoms with E-state index in [2.05, 4.69) is 36.8 Å². The second-order valence-electron chi connectivity index (χ2n) is 4.05. The van der Waals surface area contributed by atoms with Gasteiger partial charge in [0.2, 0.25) is 0 Å². The number of pyridine rings is 1. The minimum Gasteiger partial charge on any atom is -0.491 e. The van der Waals surface area contributed by atoms with Crippen molar-refractivity contribution >= 4 is 31.9 Å². The van der Waals surface area contributed by atoms with Crippen LogP contribution in [-0.2, 0) is 13.0 Å². The highest BCUT2D eigenvalue weighted by atomic mass is 79.9. The fourth-order valence-corrected chi connectivity index (χ4v) is 3.20. The van der Waals surface area contributed by atoms with Crippen LogP contribution >= 0.6 is 31.9 Å². The van der Waals surface area contributed by atoms with Gasteiger partial charge in [0.25, 0.3) is 0 Å². The first kappa shape index (κ1) is 14.5. The molecule has 19 heavy (non-hydrogen) atoms. The molecule has 0 amide bonds. The molecule has 0 fully saturated rings. The number of benzene rings is 1. The van der Waals surface area contributed by atoms with Crippen LogP contribution in [0.1, 0.15) is 11.1 Å². The molecule has 1 heterocycles. The maximum atomic E-state index is 5.82. The molecule has 0 aliphatic heterocycles. The van der Waals surface area contributed by atoms with Crippen molar-refractivity contribution in [2.75, 3.05) is 6.61 Å². The summed E-state index contributed by atoms with van der Waals surface area (Å²) in [6, 6.07) is 7.94. The van der Waals surface area contributed by atoms with Gasteiger partial charge in [-0.2, -0.15) is 0 Å². The molecular formula is C14H14Br2N2O. The van der Waals surface area contributed by atoms with Crippen LogP contribution in [0.2, 0.25) is 0 Å². The Kier molecular flexibility index (Phi) is 5.36. The number of rotatable bonds is 5. The highest BCUT2D eigenvalue weighted by Gasteiger charge is 2.08. The monoisotopic (exact) mass is 384 g/mol. The van der Waals surface area contributed by atoms with Gasteiger partial charge in [-0.05, 0) is 67.3 Å². The molecule has 1 aromatic carbocycles. The van der Waals surface area contributed by atoms with E-state index in [1.54, 1.807) is 12.4 Å². The summed E-state index contributed by atoms with van der Waals surface area (Å²) in [5, 5.41) is 0. The van der Waals surface area contributed by atoms with Crippen molar-refractivity contribution in [3.8, 4) is 5.75 Å². The zero-order valence-corrected chi connectivity index (χ0v) is 13.4. The molecule has 3 nitrogen and oxygen atoms in total. The maximum Gasteiger partial charge on any atom is 0.147 e. The third kappa shape index (κ3) is 4.03. The number of hydrogen-bond donors (Lipinski definition) is 1. The summed E-state index contributed by atoms with van der Waals surface area (Å²) in [5.74, 6) is 0.811. The third-order valence-electron chi connectivity index (χ3n) is 2.68. The van der Waals surface area contributed by atoms with E-state index in [-0.39, 0.29) is 0 Å². The molecule has 1 aromatic heterocycles. The first-order chi connectivity index (χ1) is 9.20. The molecule has 0 saturated heterocycles. The van der Waals surface area contributed by atoms with Crippen molar-refractivity contribution in [3.05, 3.63) is 56.7 Å². The van der Waals surface area contributed by atoms with Crippen molar-refractivity contribution in [3.63, 3.8) is 0 Å². The van der Waals surface area contributed by atoms with Gasteiger partial charge in [-0.15, -0.1) is 0 Å². The number of halogens is 2. The molecule has 2 rings (SSSR count). The van der Waals surface area contributed by atoms with Crippen molar-refractivity contribution in [2.24, 2.45) is 5.73 Å². The molecule has 2 N–H and O–H groups in total. The van der Waals surface area contributed by atoms with Crippen LogP contribution in [0.15, 0.2) is 45.6 Å². The maximum absolute atomic E-state index is 5.82. The summed E-state index contributed by atoms with van der Waals surface area (Å²) in [6.45, 7) is 1.12. The van der Waals surface area contributed by atoms with Crippen molar-refractivity contribution in [1.82, 2.24) is 4.98 Å². The van der Waals surface area contributed by atoms with E-state index in [1.807, 2.05) is 24.3 Å². The first-order valence-electron chi connectivity index (χ1n) is 5.90. The zero-order valence-electron chi connectivity index (χ0n) is 10.3. The smallest absolute Gasteiger partial charge is 0.147 e. The summed E-state index contributed by atoms with van der Waals surface area (Å²) < 4.78 is 7.64. The van der Waals surface area contributed by atoms with Crippen LogP contribution in [0.5, 0.6) is 5.75 Å². The lowest BCUT2D eigenvalue weighted by molar-refractivity contribution is 0.318. The molecule has 0 radical (unpaired) electrons. The van der Waals surface area contributed by atoms with Gasteiger partial charge >= 0.3 is 0 Å². The molecule has 0 aliphatic carbocycles. The number of hydrogen-bond acceptors (Lipinski definition) is 3. The minimum absolute atomic E-state index is 0.508. The van der Waals surface area contributed by atoms with E-state index in [1.165, 1.54) is 5.56 Å². The van der Waals surface area contributed by atoms with Crippen molar-refractivity contribution < 1.29 is 4.74 Å². The SMILES string of the molecule is NCc1cc(Br)c(OCCc2ccncc2)c(Br)c1. The number of aromatic nitrogens is 1. The van der Waals surface area contributed by atoms with Gasteiger partial charge in [-0.3, -0.25) is 4.98 Å². The quantitative estimate of drug-likeness (QED) is 0.853. The molecule has 0 bridgehead atoms. The molecule has 100 valence electrons. The largest absolute Gasteiger partial charge is 0.491 e. The van der Waals surface area contributed by atoms with Gasteiger partial charge in [0.1, 0.15) is 5.75 Å². The summed E-state index contributed by atoms with van der Waals surface area (Å²) >= 11 is 7.01. The molecule has 0 aliphatic rings. The Balaban J connectivity index is 2.00. The molecule has 5 heteroatoms. The number of nitrogens with zero attached hydrogens (tertiary/aromatic N) is 1. The van der Waals surface area contributed by atoms with E-state index in [4.69, 9.17) is 10.5 Å². The molecule has 2 aromatic rings. The Morgan fingerprint density at radius 1 is 1.05 bits per heavy atom. The lowest BCUT2D eigenvalue weighted by Gasteiger charge is -2.11. The van der Waals surface area contributed by atoms with Gasteiger partial charge < -0.3 is 10.5 Å². The van der Waals surface area contributed by atoms with E-state index < -0.39 is 0 Å². The van der Waals surface area contributed by atoms with Crippen LogP contribution < -0.4 is 10.5 Å². The predicted octanol–water partition coefficient (Wildman–Crippen LogP) is 3.69. The molecule has 0 unspecified atom stereocenters. The normalized spacial score (nSPS) is 10.5. The molecule has 0 saturated carbocycles. The Bertz CT molecular complexity index is 523. The molecular weight excluding hydrogens is 372 g/mol. The summed E-state index contributed by atoms with van der Waals surface area (Å²) in [7, 11) is 0. The van der Waals surface area contributed by atoms with E-state index in [9.17, 15) is 0 Å². The van der Waals surface area contributed by atoms with Gasteiger partial charge in [0.15, 0.2) is 0 Å². The summed E-state index contributed by atoms with van der Waals surface area (Å²) in [4.78, 5) is 3.99. The average Bonchev–Trinajstić information content (AvgIpc) is 2.42. The van der Waals surface area contributed by atoms with E-state index in [0.717, 1.165) is 26.7 Å². The fourth-order valence-electron chi connectivity index (χ4n) is 1.69. The molecule has 0 atom stereocenters. The predicted molar refractivity (Wildman–Crippen MR) is 83.2 cm³/mol. The van der Waals surface area contributed by atoms with Gasteiger partial charge in [-0.1, -0.05) is 0 Å². The van der Waals surface area contributed by atoms with Gasteiger partial charge in [0, 0.05) is 25.4 Å². The Morgan fingerprint density at radius 3 is 2.26 bits per heavy atom. The molecule has 0 spiro atoms.